The molecular weight excluding hydrogens is 318 g/mol. The van der Waals surface area contributed by atoms with Crippen molar-refractivity contribution in [3.05, 3.63) is 27.2 Å². The molecule has 0 atom stereocenters. The van der Waals surface area contributed by atoms with Gasteiger partial charge in [0.25, 0.3) is 5.56 Å². The van der Waals surface area contributed by atoms with Gasteiger partial charge in [-0.25, -0.2) is 4.98 Å². The Labute approximate surface area is 147 Å². The predicted molar refractivity (Wildman–Crippen MR) is 97.8 cm³/mol. The lowest BCUT2D eigenvalue weighted by Gasteiger charge is -2.31. The van der Waals surface area contributed by atoms with E-state index in [0.717, 1.165) is 42.8 Å². The minimum Gasteiger partial charge on any atom is -0.343 e. The van der Waals surface area contributed by atoms with Crippen molar-refractivity contribution < 1.29 is 4.79 Å². The fourth-order valence-electron chi connectivity index (χ4n) is 3.82. The van der Waals surface area contributed by atoms with Crippen molar-refractivity contribution in [2.75, 3.05) is 20.1 Å². The quantitative estimate of drug-likeness (QED) is 0.867. The van der Waals surface area contributed by atoms with E-state index < -0.39 is 0 Å². The molecule has 1 amide bonds. The van der Waals surface area contributed by atoms with E-state index in [0.29, 0.717) is 29.9 Å². The van der Waals surface area contributed by atoms with Gasteiger partial charge in [-0.1, -0.05) is 0 Å². The summed E-state index contributed by atoms with van der Waals surface area (Å²) in [7, 11) is 3.69. The molecule has 7 nitrogen and oxygen atoms in total. The number of carbonyl (C=O) groups is 1. The summed E-state index contributed by atoms with van der Waals surface area (Å²) in [6.45, 7) is 5.83. The molecule has 3 heterocycles. The lowest BCUT2D eigenvalue weighted by molar-refractivity contribution is -0.132. The summed E-state index contributed by atoms with van der Waals surface area (Å²) in [4.78, 5) is 31.2. The number of nitrogens with one attached hydrogen (secondary N) is 2. The number of aromatic amines is 1. The maximum absolute atomic E-state index is 12.6. The maximum Gasteiger partial charge on any atom is 0.273 e. The molecule has 1 fully saturated rings. The van der Waals surface area contributed by atoms with E-state index in [1.54, 1.807) is 11.7 Å². The predicted octanol–water partition coefficient (Wildman–Crippen LogP) is 1.02. The van der Waals surface area contributed by atoms with E-state index >= 15 is 0 Å². The number of aromatic nitrogens is 3. The number of aryl methyl sites for hydroxylation is 3. The number of nitrogens with zero attached hydrogens (tertiary/aromatic N) is 3. The van der Waals surface area contributed by atoms with Crippen LogP contribution in [0, 0.1) is 13.8 Å². The Hall–Kier alpha value is -2.15. The van der Waals surface area contributed by atoms with Gasteiger partial charge in [0, 0.05) is 32.3 Å². The fraction of sp³-hybridized carbons (Fsp3) is 0.611. The van der Waals surface area contributed by atoms with E-state index in [-0.39, 0.29) is 11.5 Å². The first-order valence-electron chi connectivity index (χ1n) is 8.91. The molecule has 0 spiro atoms. The van der Waals surface area contributed by atoms with Gasteiger partial charge in [-0.05, 0) is 57.3 Å². The van der Waals surface area contributed by atoms with Crippen molar-refractivity contribution in [1.29, 1.82) is 0 Å². The third-order valence-corrected chi connectivity index (χ3v) is 5.41. The monoisotopic (exact) mass is 345 g/mol. The van der Waals surface area contributed by atoms with Crippen molar-refractivity contribution in [2.45, 2.75) is 45.6 Å². The molecule has 2 aromatic heterocycles. The van der Waals surface area contributed by atoms with Crippen LogP contribution < -0.4 is 10.9 Å². The van der Waals surface area contributed by atoms with Gasteiger partial charge >= 0.3 is 0 Å². The van der Waals surface area contributed by atoms with Crippen LogP contribution in [0.4, 0.5) is 0 Å². The number of H-pyrrole nitrogens is 1. The number of pyridine rings is 1. The number of rotatable bonds is 4. The van der Waals surface area contributed by atoms with Gasteiger partial charge in [0.2, 0.25) is 5.91 Å². The zero-order valence-electron chi connectivity index (χ0n) is 15.5. The largest absolute Gasteiger partial charge is 0.343 e. The van der Waals surface area contributed by atoms with Crippen molar-refractivity contribution >= 4 is 16.9 Å². The normalized spacial score (nSPS) is 15.7. The Morgan fingerprint density at radius 2 is 2.00 bits per heavy atom. The lowest BCUT2D eigenvalue weighted by atomic mass is 9.99. The van der Waals surface area contributed by atoms with Crippen LogP contribution in [0.3, 0.4) is 0 Å². The van der Waals surface area contributed by atoms with Gasteiger partial charge in [-0.15, -0.1) is 0 Å². The van der Waals surface area contributed by atoms with Gasteiger partial charge in [0.15, 0.2) is 5.65 Å². The highest BCUT2D eigenvalue weighted by atomic mass is 16.2. The first-order valence-corrected chi connectivity index (χ1v) is 8.91. The van der Waals surface area contributed by atoms with Crippen molar-refractivity contribution in [3.63, 3.8) is 0 Å². The molecule has 0 unspecified atom stereocenters. The Bertz CT molecular complexity index is 845. The van der Waals surface area contributed by atoms with Gasteiger partial charge in [0.05, 0.1) is 5.39 Å². The molecule has 0 aromatic carbocycles. The van der Waals surface area contributed by atoms with Gasteiger partial charge in [0.1, 0.15) is 0 Å². The third kappa shape index (κ3) is 3.33. The summed E-state index contributed by atoms with van der Waals surface area (Å²) in [5, 5.41) is 6.71. The first kappa shape index (κ1) is 17.7. The molecule has 2 N–H and O–H groups in total. The minimum absolute atomic E-state index is 0.123. The highest BCUT2D eigenvalue weighted by molar-refractivity contribution is 5.81. The highest BCUT2D eigenvalue weighted by Crippen LogP contribution is 2.21. The van der Waals surface area contributed by atoms with Crippen LogP contribution in [0.5, 0.6) is 0 Å². The van der Waals surface area contributed by atoms with Crippen molar-refractivity contribution in [3.8, 4) is 0 Å². The topological polar surface area (TPSA) is 83.0 Å². The Balaban J connectivity index is 1.77. The Morgan fingerprint density at radius 3 is 2.68 bits per heavy atom. The summed E-state index contributed by atoms with van der Waals surface area (Å²) in [5.41, 5.74) is 3.37. The van der Waals surface area contributed by atoms with Crippen LogP contribution in [0.15, 0.2) is 4.79 Å². The standard InChI is InChI=1S/C18H27N5O2/c1-11-14(12(2)20-17-16(11)18(25)21-23(17)4)5-6-15(24)22(3)13-7-9-19-10-8-13/h13,19H,5-10H2,1-4H3,(H,21,25). The number of hydrogen-bond donors (Lipinski definition) is 2. The van der Waals surface area contributed by atoms with Crippen LogP contribution in [-0.2, 0) is 18.3 Å². The fourth-order valence-corrected chi connectivity index (χ4v) is 3.82. The van der Waals surface area contributed by atoms with Crippen molar-refractivity contribution in [1.82, 2.24) is 25.0 Å². The number of piperidine rings is 1. The van der Waals surface area contributed by atoms with Crippen LogP contribution in [0.1, 0.15) is 36.1 Å². The maximum atomic E-state index is 12.6. The molecule has 1 aliphatic heterocycles. The molecule has 0 saturated carbocycles. The van der Waals surface area contributed by atoms with Crippen LogP contribution in [0.2, 0.25) is 0 Å². The van der Waals surface area contributed by atoms with Crippen LogP contribution in [-0.4, -0.2) is 51.8 Å². The van der Waals surface area contributed by atoms with Gasteiger partial charge < -0.3 is 10.2 Å². The van der Waals surface area contributed by atoms with E-state index in [9.17, 15) is 9.59 Å². The van der Waals surface area contributed by atoms with E-state index in [1.807, 2.05) is 25.8 Å². The number of carbonyl (C=O) groups excluding carboxylic acids is 1. The average molecular weight is 345 g/mol. The SMILES string of the molecule is Cc1nc2c(c(C)c1CCC(=O)N(C)C1CCNCC1)c(=O)[nH]n2C. The van der Waals surface area contributed by atoms with Gasteiger partial charge in [-0.3, -0.25) is 19.4 Å². The van der Waals surface area contributed by atoms with Crippen molar-refractivity contribution in [2.24, 2.45) is 7.05 Å². The first-order chi connectivity index (χ1) is 11.9. The molecule has 3 rings (SSSR count). The smallest absolute Gasteiger partial charge is 0.273 e. The summed E-state index contributed by atoms with van der Waals surface area (Å²) in [5.74, 6) is 0.160. The Kier molecular flexibility index (Phi) is 4.94. The number of hydrogen-bond acceptors (Lipinski definition) is 4. The van der Waals surface area contributed by atoms with Gasteiger partial charge in [-0.2, -0.15) is 0 Å². The minimum atomic E-state index is -0.123. The second-order valence-electron chi connectivity index (χ2n) is 6.99. The van der Waals surface area contributed by atoms with E-state index in [2.05, 4.69) is 15.4 Å². The number of fused-ring (bicyclic) bond motifs is 1. The summed E-state index contributed by atoms with van der Waals surface area (Å²) in [6.07, 6.45) is 3.07. The zero-order valence-corrected chi connectivity index (χ0v) is 15.5. The van der Waals surface area contributed by atoms with Crippen LogP contribution in [0.25, 0.3) is 11.0 Å². The molecule has 25 heavy (non-hydrogen) atoms. The Morgan fingerprint density at radius 1 is 1.32 bits per heavy atom. The molecule has 0 radical (unpaired) electrons. The lowest BCUT2D eigenvalue weighted by Crippen LogP contribution is -2.44. The molecule has 1 saturated heterocycles. The molecule has 7 heteroatoms. The molecule has 2 aromatic rings. The summed E-state index contributed by atoms with van der Waals surface area (Å²) in [6, 6.07) is 0.327. The second-order valence-corrected chi connectivity index (χ2v) is 6.99. The molecule has 136 valence electrons. The zero-order chi connectivity index (χ0) is 18.1. The number of amides is 1. The van der Waals surface area contributed by atoms with E-state index in [1.165, 1.54) is 0 Å². The van der Waals surface area contributed by atoms with E-state index in [4.69, 9.17) is 0 Å². The molecule has 1 aliphatic rings. The average Bonchev–Trinajstić information content (AvgIpc) is 2.88. The highest BCUT2D eigenvalue weighted by Gasteiger charge is 2.22. The molecule has 0 aliphatic carbocycles. The molecular formula is C18H27N5O2. The summed E-state index contributed by atoms with van der Waals surface area (Å²) >= 11 is 0. The third-order valence-electron chi connectivity index (χ3n) is 5.41. The summed E-state index contributed by atoms with van der Waals surface area (Å²) < 4.78 is 1.65. The second kappa shape index (κ2) is 7.00. The molecule has 0 bridgehead atoms. The van der Waals surface area contributed by atoms with Crippen LogP contribution >= 0.6 is 0 Å².